The molecule has 0 saturated carbocycles. The van der Waals surface area contributed by atoms with Crippen LogP contribution in [0.25, 0.3) is 16.6 Å². The number of aliphatic imine (C=N–C) groups is 1. The van der Waals surface area contributed by atoms with Crippen LogP contribution < -0.4 is 16.2 Å². The number of carbonyl (C=O) groups is 1. The Balaban J connectivity index is 1.44. The van der Waals surface area contributed by atoms with E-state index in [-0.39, 0.29) is 22.4 Å². The molecule has 0 spiro atoms. The van der Waals surface area contributed by atoms with Gasteiger partial charge < -0.3 is 15.2 Å². The lowest BCUT2D eigenvalue weighted by Gasteiger charge is -2.14. The van der Waals surface area contributed by atoms with Crippen molar-refractivity contribution in [3.63, 3.8) is 0 Å². The normalized spacial score (nSPS) is 13.5. The van der Waals surface area contributed by atoms with Crippen molar-refractivity contribution < 1.29 is 22.4 Å². The van der Waals surface area contributed by atoms with Gasteiger partial charge >= 0.3 is 6.18 Å². The van der Waals surface area contributed by atoms with Gasteiger partial charge in [-0.25, -0.2) is 14.4 Å². The third-order valence-corrected chi connectivity index (χ3v) is 6.62. The van der Waals surface area contributed by atoms with E-state index >= 15 is 0 Å². The Bertz CT molecular complexity index is 1800. The molecule has 0 bridgehead atoms. The zero-order valence-electron chi connectivity index (χ0n) is 21.7. The van der Waals surface area contributed by atoms with Gasteiger partial charge in [-0.3, -0.25) is 9.59 Å². The molecule has 0 saturated heterocycles. The van der Waals surface area contributed by atoms with Crippen LogP contribution in [-0.2, 0) is 11.8 Å². The number of hydrogen-bond donors (Lipinski definition) is 2. The number of nitrogens with one attached hydrogen (secondary N) is 2. The number of amides is 1. The highest BCUT2D eigenvalue weighted by Crippen LogP contribution is 2.36. The molecule has 1 aromatic heterocycles. The molecule has 7 nitrogen and oxygen atoms in total. The van der Waals surface area contributed by atoms with E-state index in [4.69, 9.17) is 0 Å². The minimum Gasteiger partial charge on any atom is -0.355 e. The molecular formula is C29H23F4N5O2. The smallest absolute Gasteiger partial charge is 0.355 e. The summed E-state index contributed by atoms with van der Waals surface area (Å²) in [5, 5.41) is 6.28. The number of aryl methyl sites for hydroxylation is 3. The van der Waals surface area contributed by atoms with Crippen LogP contribution in [-0.4, -0.2) is 27.3 Å². The van der Waals surface area contributed by atoms with Crippen molar-refractivity contribution in [3.05, 3.63) is 99.4 Å². The average Bonchev–Trinajstić information content (AvgIpc) is 3.37. The van der Waals surface area contributed by atoms with E-state index in [9.17, 15) is 27.2 Å². The van der Waals surface area contributed by atoms with Crippen molar-refractivity contribution in [2.75, 3.05) is 10.6 Å². The second-order valence-electron chi connectivity index (χ2n) is 9.53. The molecule has 204 valence electrons. The Hall–Kier alpha value is -4.80. The molecule has 2 heterocycles. The van der Waals surface area contributed by atoms with Crippen molar-refractivity contribution in [1.29, 1.82) is 0 Å². The van der Waals surface area contributed by atoms with Crippen molar-refractivity contribution in [3.8, 4) is 0 Å². The van der Waals surface area contributed by atoms with E-state index < -0.39 is 30.0 Å². The molecule has 1 aliphatic rings. The Morgan fingerprint density at radius 3 is 2.42 bits per heavy atom. The number of anilines is 3. The maximum Gasteiger partial charge on any atom is 0.429 e. The van der Waals surface area contributed by atoms with Crippen LogP contribution in [0.4, 0.5) is 34.6 Å². The number of aromatic nitrogens is 2. The van der Waals surface area contributed by atoms with Crippen LogP contribution in [0.15, 0.2) is 76.3 Å². The molecule has 5 rings (SSSR count). The summed E-state index contributed by atoms with van der Waals surface area (Å²) in [5.41, 5.74) is 1.50. The van der Waals surface area contributed by atoms with Gasteiger partial charge in [-0.1, -0.05) is 18.2 Å². The van der Waals surface area contributed by atoms with Crippen LogP contribution in [0.1, 0.15) is 23.1 Å². The van der Waals surface area contributed by atoms with Crippen LogP contribution in [0.5, 0.6) is 0 Å². The first kappa shape index (κ1) is 26.8. The molecular weight excluding hydrogens is 526 g/mol. The molecule has 3 aromatic carbocycles. The summed E-state index contributed by atoms with van der Waals surface area (Å²) in [6.07, 6.45) is -4.04. The van der Waals surface area contributed by atoms with E-state index in [0.29, 0.717) is 33.5 Å². The highest BCUT2D eigenvalue weighted by Gasteiger charge is 2.41. The zero-order valence-corrected chi connectivity index (χ0v) is 21.7. The van der Waals surface area contributed by atoms with Gasteiger partial charge in [0.1, 0.15) is 11.5 Å². The largest absolute Gasteiger partial charge is 0.429 e. The molecule has 2 N–H and O–H groups in total. The van der Waals surface area contributed by atoms with Gasteiger partial charge in [0.2, 0.25) is 0 Å². The summed E-state index contributed by atoms with van der Waals surface area (Å²) in [6.45, 7) is 3.36. The molecule has 0 aliphatic carbocycles. The predicted molar refractivity (Wildman–Crippen MR) is 146 cm³/mol. The number of halogens is 4. The number of benzene rings is 3. The van der Waals surface area contributed by atoms with E-state index in [0.717, 1.165) is 11.6 Å². The average molecular weight is 550 g/mol. The molecule has 40 heavy (non-hydrogen) atoms. The number of rotatable bonds is 5. The van der Waals surface area contributed by atoms with Gasteiger partial charge in [-0.15, -0.1) is 0 Å². The quantitative estimate of drug-likeness (QED) is 0.291. The lowest BCUT2D eigenvalue weighted by atomic mass is 10.0. The van der Waals surface area contributed by atoms with Crippen molar-refractivity contribution in [2.24, 2.45) is 12.0 Å². The van der Waals surface area contributed by atoms with Crippen molar-refractivity contribution in [2.45, 2.75) is 26.4 Å². The van der Waals surface area contributed by atoms with Crippen molar-refractivity contribution >= 4 is 45.3 Å². The number of hydrogen-bond acceptors (Lipinski definition) is 5. The maximum absolute atomic E-state index is 14.2. The Morgan fingerprint density at radius 1 is 0.975 bits per heavy atom. The van der Waals surface area contributed by atoms with Gasteiger partial charge in [0, 0.05) is 41.7 Å². The number of nitrogens with zero attached hydrogens (tertiary/aromatic N) is 3. The molecule has 11 heteroatoms. The number of carbonyl (C=O) groups excluding carboxylic acids is 1. The third-order valence-electron chi connectivity index (χ3n) is 6.62. The van der Waals surface area contributed by atoms with Gasteiger partial charge in [0.25, 0.3) is 11.5 Å². The fourth-order valence-electron chi connectivity index (χ4n) is 4.31. The Kier molecular flexibility index (Phi) is 6.74. The SMILES string of the molecule is Cc1ccc(C2=C(C(=O)Nc3ccc(C)c(Nc4ccc5ncn(C)c(=O)c5c4)c3)CC(C(F)(F)F)=N2)cc1F. The lowest BCUT2D eigenvalue weighted by Crippen LogP contribution is -2.23. The lowest BCUT2D eigenvalue weighted by molar-refractivity contribution is -0.112. The second-order valence-corrected chi connectivity index (χ2v) is 9.53. The summed E-state index contributed by atoms with van der Waals surface area (Å²) in [4.78, 5) is 33.6. The molecule has 0 fully saturated rings. The summed E-state index contributed by atoms with van der Waals surface area (Å²) in [7, 11) is 1.61. The van der Waals surface area contributed by atoms with Gasteiger partial charge in [0.15, 0.2) is 0 Å². The number of fused-ring (bicyclic) bond motifs is 1. The van der Waals surface area contributed by atoms with Crippen LogP contribution in [0.3, 0.4) is 0 Å². The molecule has 1 amide bonds. The molecule has 4 aromatic rings. The third kappa shape index (κ3) is 5.22. The van der Waals surface area contributed by atoms with Gasteiger partial charge in [-0.2, -0.15) is 13.2 Å². The number of alkyl halides is 3. The van der Waals surface area contributed by atoms with E-state index in [2.05, 4.69) is 20.6 Å². The van der Waals surface area contributed by atoms with Crippen LogP contribution in [0.2, 0.25) is 0 Å². The highest BCUT2D eigenvalue weighted by molar-refractivity contribution is 6.17. The van der Waals surface area contributed by atoms with E-state index in [1.54, 1.807) is 43.4 Å². The van der Waals surface area contributed by atoms with E-state index in [1.165, 1.54) is 30.0 Å². The summed E-state index contributed by atoms with van der Waals surface area (Å²) < 4.78 is 56.1. The first-order chi connectivity index (χ1) is 18.9. The van der Waals surface area contributed by atoms with Gasteiger partial charge in [0.05, 0.1) is 22.9 Å². The van der Waals surface area contributed by atoms with Crippen molar-refractivity contribution in [1.82, 2.24) is 9.55 Å². The van der Waals surface area contributed by atoms with Crippen LogP contribution in [0, 0.1) is 19.7 Å². The predicted octanol–water partition coefficient (Wildman–Crippen LogP) is 6.19. The second kappa shape index (κ2) is 10.1. The van der Waals surface area contributed by atoms with E-state index in [1.807, 2.05) is 6.92 Å². The van der Waals surface area contributed by atoms with Gasteiger partial charge in [-0.05, 0) is 61.4 Å². The summed E-state index contributed by atoms with van der Waals surface area (Å²) >= 11 is 0. The fraction of sp³-hybridized carbons (Fsp3) is 0.172. The minimum absolute atomic E-state index is 0.0794. The molecule has 0 atom stereocenters. The fourth-order valence-corrected chi connectivity index (χ4v) is 4.31. The standard InChI is InChI=1S/C29H23F4N5O2/c1-15-4-6-17(10-22(15)30)26-21(13-25(37-26)29(31,32)33)27(39)36-19-7-5-16(2)24(12-19)35-18-8-9-23-20(11-18)28(40)38(3)14-34-23/h4-12,14,35H,13H2,1-3H3,(H,36,39). The molecule has 1 aliphatic heterocycles. The highest BCUT2D eigenvalue weighted by atomic mass is 19.4. The topological polar surface area (TPSA) is 88.4 Å². The first-order valence-corrected chi connectivity index (χ1v) is 12.2. The van der Waals surface area contributed by atoms with Crippen LogP contribution >= 0.6 is 0 Å². The Morgan fingerprint density at radius 2 is 1.70 bits per heavy atom. The molecule has 0 unspecified atom stereocenters. The monoisotopic (exact) mass is 549 g/mol. The maximum atomic E-state index is 14.2. The zero-order chi connectivity index (χ0) is 28.8. The molecule has 0 radical (unpaired) electrons. The minimum atomic E-state index is -4.74. The first-order valence-electron chi connectivity index (χ1n) is 12.2. The summed E-state index contributed by atoms with van der Waals surface area (Å²) in [5.74, 6) is -1.40. The summed E-state index contributed by atoms with van der Waals surface area (Å²) in [6, 6.07) is 14.0. The Labute approximate surface area is 225 Å².